The average molecular weight is 362 g/mol. The number of rotatable bonds is 6. The predicted molar refractivity (Wildman–Crippen MR) is 103 cm³/mol. The Morgan fingerprint density at radius 1 is 1.04 bits per heavy atom. The minimum atomic E-state index is -0.283. The molecule has 0 unspecified atom stereocenters. The molecule has 0 aliphatic heterocycles. The molecule has 2 heterocycles. The molecule has 0 saturated carbocycles. The molecular weight excluding hydrogens is 343 g/mol. The number of hydrogen-bond acceptors (Lipinski definition) is 4. The van der Waals surface area contributed by atoms with Crippen LogP contribution in [0, 0.1) is 5.82 Å². The number of hydrogen-bond donors (Lipinski definition) is 2. The minimum absolute atomic E-state index is 0.0602. The third-order valence-corrected chi connectivity index (χ3v) is 4.44. The molecule has 27 heavy (non-hydrogen) atoms. The smallest absolute Gasteiger partial charge is 0.157 e. The van der Waals surface area contributed by atoms with Gasteiger partial charge in [0.15, 0.2) is 5.65 Å². The van der Waals surface area contributed by atoms with Crippen molar-refractivity contribution in [2.45, 2.75) is 12.5 Å². The van der Waals surface area contributed by atoms with E-state index in [1.165, 1.54) is 12.1 Å². The fourth-order valence-corrected chi connectivity index (χ4v) is 3.10. The van der Waals surface area contributed by atoms with E-state index in [0.29, 0.717) is 12.1 Å². The second-order valence-electron chi connectivity index (χ2n) is 6.25. The Kier molecular flexibility index (Phi) is 4.80. The van der Waals surface area contributed by atoms with E-state index in [1.807, 2.05) is 42.5 Å². The van der Waals surface area contributed by atoms with E-state index in [9.17, 15) is 9.50 Å². The Hall–Kier alpha value is -3.25. The summed E-state index contributed by atoms with van der Waals surface area (Å²) in [4.78, 5) is 4.61. The van der Waals surface area contributed by atoms with Gasteiger partial charge >= 0.3 is 0 Å². The number of aromatic nitrogens is 3. The summed E-state index contributed by atoms with van der Waals surface area (Å²) < 4.78 is 15.0. The quantitative estimate of drug-likeness (QED) is 0.543. The fraction of sp³-hybridized carbons (Fsp3) is 0.143. The van der Waals surface area contributed by atoms with Crippen LogP contribution in [0.3, 0.4) is 0 Å². The van der Waals surface area contributed by atoms with E-state index < -0.39 is 0 Å². The van der Waals surface area contributed by atoms with Gasteiger partial charge in [0.25, 0.3) is 0 Å². The van der Waals surface area contributed by atoms with Crippen LogP contribution in [0.1, 0.15) is 18.0 Å². The van der Waals surface area contributed by atoms with Crippen molar-refractivity contribution in [1.82, 2.24) is 14.6 Å². The maximum Gasteiger partial charge on any atom is 0.157 e. The second-order valence-corrected chi connectivity index (χ2v) is 6.25. The maximum atomic E-state index is 13.3. The predicted octanol–water partition coefficient (Wildman–Crippen LogP) is 4.07. The zero-order chi connectivity index (χ0) is 18.6. The normalized spacial score (nSPS) is 12.2. The number of aliphatic hydroxyl groups excluding tert-OH is 1. The Bertz CT molecular complexity index is 1030. The van der Waals surface area contributed by atoms with Gasteiger partial charge in [0.1, 0.15) is 11.6 Å². The highest BCUT2D eigenvalue weighted by atomic mass is 19.1. The summed E-state index contributed by atoms with van der Waals surface area (Å²) in [5, 5.41) is 17.3. The Morgan fingerprint density at radius 2 is 1.81 bits per heavy atom. The van der Waals surface area contributed by atoms with Gasteiger partial charge in [-0.1, -0.05) is 30.3 Å². The van der Waals surface area contributed by atoms with Crippen LogP contribution in [0.25, 0.3) is 16.9 Å². The first kappa shape index (κ1) is 17.2. The largest absolute Gasteiger partial charge is 0.396 e. The van der Waals surface area contributed by atoms with Gasteiger partial charge < -0.3 is 10.4 Å². The number of fused-ring (bicyclic) bond motifs is 1. The molecule has 0 amide bonds. The third kappa shape index (κ3) is 3.66. The van der Waals surface area contributed by atoms with Crippen LogP contribution in [-0.4, -0.2) is 26.3 Å². The first-order valence-corrected chi connectivity index (χ1v) is 8.77. The van der Waals surface area contributed by atoms with Crippen LogP contribution < -0.4 is 5.32 Å². The van der Waals surface area contributed by atoms with Crippen molar-refractivity contribution in [1.29, 1.82) is 0 Å². The lowest BCUT2D eigenvalue weighted by atomic mass is 10.0. The molecule has 2 aromatic carbocycles. The van der Waals surface area contributed by atoms with Crippen LogP contribution in [0.5, 0.6) is 0 Å². The van der Waals surface area contributed by atoms with Gasteiger partial charge in [-0.05, 0) is 36.2 Å². The Labute approximate surface area is 156 Å². The van der Waals surface area contributed by atoms with Crippen molar-refractivity contribution in [3.8, 4) is 11.3 Å². The fourth-order valence-electron chi connectivity index (χ4n) is 3.10. The van der Waals surface area contributed by atoms with E-state index in [1.54, 1.807) is 22.8 Å². The molecule has 0 fully saturated rings. The molecule has 4 rings (SSSR count). The van der Waals surface area contributed by atoms with Crippen LogP contribution in [0.2, 0.25) is 0 Å². The molecule has 6 heteroatoms. The van der Waals surface area contributed by atoms with Crippen molar-refractivity contribution >= 4 is 11.5 Å². The van der Waals surface area contributed by atoms with Crippen LogP contribution in [-0.2, 0) is 0 Å². The van der Waals surface area contributed by atoms with Crippen molar-refractivity contribution in [2.75, 3.05) is 11.9 Å². The molecular formula is C21H19FN4O. The van der Waals surface area contributed by atoms with Crippen molar-refractivity contribution in [3.63, 3.8) is 0 Å². The Balaban J connectivity index is 1.75. The molecule has 0 bridgehead atoms. The summed E-state index contributed by atoms with van der Waals surface area (Å²) in [5.74, 6) is 0.473. The summed E-state index contributed by atoms with van der Waals surface area (Å²) in [5.41, 5.74) is 3.31. The first-order valence-electron chi connectivity index (χ1n) is 8.77. The highest BCUT2D eigenvalue weighted by molar-refractivity contribution is 5.66. The highest BCUT2D eigenvalue weighted by Crippen LogP contribution is 2.26. The summed E-state index contributed by atoms with van der Waals surface area (Å²) in [7, 11) is 0. The average Bonchev–Trinajstić information content (AvgIpc) is 3.18. The van der Waals surface area contributed by atoms with Crippen LogP contribution in [0.4, 0.5) is 10.2 Å². The number of nitrogens with zero attached hydrogens (tertiary/aromatic N) is 3. The van der Waals surface area contributed by atoms with Crippen LogP contribution >= 0.6 is 0 Å². The lowest BCUT2D eigenvalue weighted by molar-refractivity contribution is 0.280. The standard InChI is InChI=1S/C21H19FN4O/c22-17-8-6-16(7-9-17)19-14-21(26-20(25-19)10-12-23-26)24-18(11-13-27)15-4-2-1-3-5-15/h1-10,12,14,18,24,27H,11,13H2/t18-/m1/s1. The van der Waals surface area contributed by atoms with Crippen molar-refractivity contribution in [3.05, 3.63) is 84.3 Å². The van der Waals surface area contributed by atoms with Gasteiger partial charge in [0, 0.05) is 24.3 Å². The summed E-state index contributed by atoms with van der Waals surface area (Å²) in [6, 6.07) is 19.8. The van der Waals surface area contributed by atoms with E-state index in [4.69, 9.17) is 0 Å². The van der Waals surface area contributed by atoms with E-state index in [0.717, 1.165) is 22.6 Å². The molecule has 0 saturated heterocycles. The van der Waals surface area contributed by atoms with Gasteiger partial charge in [-0.2, -0.15) is 9.61 Å². The molecule has 136 valence electrons. The number of nitrogens with one attached hydrogen (secondary N) is 1. The van der Waals surface area contributed by atoms with Gasteiger partial charge in [-0.25, -0.2) is 9.37 Å². The summed E-state index contributed by atoms with van der Waals surface area (Å²) in [6.45, 7) is 0.0602. The van der Waals surface area contributed by atoms with E-state index in [2.05, 4.69) is 15.4 Å². The zero-order valence-electron chi connectivity index (χ0n) is 14.6. The highest BCUT2D eigenvalue weighted by Gasteiger charge is 2.15. The summed E-state index contributed by atoms with van der Waals surface area (Å²) in [6.07, 6.45) is 2.24. The topological polar surface area (TPSA) is 62.5 Å². The zero-order valence-corrected chi connectivity index (χ0v) is 14.6. The lowest BCUT2D eigenvalue weighted by Crippen LogP contribution is -2.15. The van der Waals surface area contributed by atoms with Gasteiger partial charge in [-0.15, -0.1) is 0 Å². The SMILES string of the molecule is OCC[C@@H](Nc1cc(-c2ccc(F)cc2)nc2ccnn12)c1ccccc1. The van der Waals surface area contributed by atoms with Gasteiger partial charge in [-0.3, -0.25) is 0 Å². The maximum absolute atomic E-state index is 13.3. The monoisotopic (exact) mass is 362 g/mol. The van der Waals surface area contributed by atoms with Crippen molar-refractivity contribution in [2.24, 2.45) is 0 Å². The number of benzene rings is 2. The van der Waals surface area contributed by atoms with E-state index >= 15 is 0 Å². The second kappa shape index (κ2) is 7.55. The lowest BCUT2D eigenvalue weighted by Gasteiger charge is -2.20. The molecule has 0 aliphatic rings. The van der Waals surface area contributed by atoms with Gasteiger partial charge in [0.2, 0.25) is 0 Å². The molecule has 5 nitrogen and oxygen atoms in total. The van der Waals surface area contributed by atoms with E-state index in [-0.39, 0.29) is 18.5 Å². The van der Waals surface area contributed by atoms with Gasteiger partial charge in [0.05, 0.1) is 17.9 Å². The molecule has 0 aliphatic carbocycles. The molecule has 0 spiro atoms. The number of aliphatic hydroxyl groups is 1. The molecule has 4 aromatic rings. The first-order chi connectivity index (χ1) is 13.2. The third-order valence-electron chi connectivity index (χ3n) is 4.44. The Morgan fingerprint density at radius 3 is 2.56 bits per heavy atom. The number of anilines is 1. The molecule has 2 N–H and O–H groups in total. The number of halogens is 1. The molecule has 1 atom stereocenters. The minimum Gasteiger partial charge on any atom is -0.396 e. The van der Waals surface area contributed by atoms with Crippen molar-refractivity contribution < 1.29 is 9.50 Å². The van der Waals surface area contributed by atoms with Crippen LogP contribution in [0.15, 0.2) is 72.9 Å². The summed E-state index contributed by atoms with van der Waals surface area (Å²) >= 11 is 0. The molecule has 2 aromatic heterocycles. The molecule has 0 radical (unpaired) electrons.